The van der Waals surface area contributed by atoms with Crippen LogP contribution in [0.5, 0.6) is 0 Å². The van der Waals surface area contributed by atoms with Crippen molar-refractivity contribution in [2.75, 3.05) is 6.54 Å². The average molecular weight is 252 g/mol. The SMILES string of the molecule is CCCNC1CCC(c2ccc(C)c(Cl)c2)C1. The van der Waals surface area contributed by atoms with Crippen molar-refractivity contribution >= 4 is 11.6 Å². The smallest absolute Gasteiger partial charge is 0.0438 e. The lowest BCUT2D eigenvalue weighted by atomic mass is 9.96. The van der Waals surface area contributed by atoms with Crippen molar-refractivity contribution in [1.82, 2.24) is 5.32 Å². The van der Waals surface area contributed by atoms with Crippen LogP contribution in [0.3, 0.4) is 0 Å². The van der Waals surface area contributed by atoms with Gasteiger partial charge in [0.05, 0.1) is 0 Å². The third-order valence-corrected chi connectivity index (χ3v) is 4.19. The van der Waals surface area contributed by atoms with Gasteiger partial charge in [-0.1, -0.05) is 30.7 Å². The standard InChI is InChI=1S/C15H22ClN/c1-3-8-17-14-7-6-12(9-14)13-5-4-11(2)15(16)10-13/h4-5,10,12,14,17H,3,6-9H2,1-2H3. The highest BCUT2D eigenvalue weighted by Gasteiger charge is 2.25. The quantitative estimate of drug-likeness (QED) is 0.842. The van der Waals surface area contributed by atoms with E-state index < -0.39 is 0 Å². The summed E-state index contributed by atoms with van der Waals surface area (Å²) >= 11 is 6.20. The Kier molecular flexibility index (Phi) is 4.47. The van der Waals surface area contributed by atoms with Gasteiger partial charge in [0, 0.05) is 11.1 Å². The predicted octanol–water partition coefficient (Wildman–Crippen LogP) is 4.28. The molecule has 0 amide bonds. The van der Waals surface area contributed by atoms with Gasteiger partial charge in [-0.05, 0) is 62.3 Å². The van der Waals surface area contributed by atoms with Crippen LogP contribution in [-0.4, -0.2) is 12.6 Å². The zero-order valence-corrected chi connectivity index (χ0v) is 11.6. The Bertz CT molecular complexity index is 375. The average Bonchev–Trinajstić information content (AvgIpc) is 2.79. The number of hydrogen-bond donors (Lipinski definition) is 1. The first-order valence-electron chi connectivity index (χ1n) is 6.70. The second kappa shape index (κ2) is 5.88. The van der Waals surface area contributed by atoms with Gasteiger partial charge in [0.25, 0.3) is 0 Å². The molecule has 0 bridgehead atoms. The third-order valence-electron chi connectivity index (χ3n) is 3.78. The number of rotatable bonds is 4. The molecule has 0 spiro atoms. The van der Waals surface area contributed by atoms with E-state index in [1.165, 1.54) is 36.8 Å². The van der Waals surface area contributed by atoms with E-state index in [2.05, 4.69) is 37.4 Å². The number of halogens is 1. The Balaban J connectivity index is 1.97. The number of aryl methyl sites for hydroxylation is 1. The molecule has 1 aromatic rings. The second-order valence-electron chi connectivity index (χ2n) is 5.17. The normalized spacial score (nSPS) is 24.2. The zero-order valence-electron chi connectivity index (χ0n) is 10.8. The van der Waals surface area contributed by atoms with Gasteiger partial charge in [0.2, 0.25) is 0 Å². The minimum atomic E-state index is 0.697. The molecule has 1 aliphatic carbocycles. The molecular formula is C15H22ClN. The molecule has 0 heterocycles. The van der Waals surface area contributed by atoms with Gasteiger partial charge in [0.15, 0.2) is 0 Å². The van der Waals surface area contributed by atoms with E-state index in [1.807, 2.05) is 0 Å². The first-order chi connectivity index (χ1) is 8.20. The van der Waals surface area contributed by atoms with E-state index in [0.717, 1.165) is 11.6 Å². The molecule has 1 fully saturated rings. The zero-order chi connectivity index (χ0) is 12.3. The van der Waals surface area contributed by atoms with Crippen molar-refractivity contribution in [2.24, 2.45) is 0 Å². The van der Waals surface area contributed by atoms with Gasteiger partial charge >= 0.3 is 0 Å². The molecule has 1 aromatic carbocycles. The Morgan fingerprint density at radius 2 is 2.18 bits per heavy atom. The van der Waals surface area contributed by atoms with E-state index in [1.54, 1.807) is 0 Å². The van der Waals surface area contributed by atoms with Gasteiger partial charge in [-0.3, -0.25) is 0 Å². The van der Waals surface area contributed by atoms with Crippen LogP contribution in [0.25, 0.3) is 0 Å². The van der Waals surface area contributed by atoms with Crippen LogP contribution < -0.4 is 5.32 Å². The van der Waals surface area contributed by atoms with Crippen LogP contribution in [0.1, 0.15) is 49.7 Å². The topological polar surface area (TPSA) is 12.0 Å². The maximum atomic E-state index is 6.20. The fourth-order valence-corrected chi connectivity index (χ4v) is 2.87. The molecule has 0 aliphatic heterocycles. The van der Waals surface area contributed by atoms with Gasteiger partial charge in [-0.2, -0.15) is 0 Å². The largest absolute Gasteiger partial charge is 0.314 e. The number of benzene rings is 1. The second-order valence-corrected chi connectivity index (χ2v) is 5.58. The lowest BCUT2D eigenvalue weighted by Crippen LogP contribution is -2.26. The fourth-order valence-electron chi connectivity index (χ4n) is 2.68. The molecule has 2 unspecified atom stereocenters. The van der Waals surface area contributed by atoms with Crippen LogP contribution in [0, 0.1) is 6.92 Å². The van der Waals surface area contributed by atoms with Crippen LogP contribution in [0.4, 0.5) is 0 Å². The van der Waals surface area contributed by atoms with Crippen LogP contribution >= 0.6 is 11.6 Å². The fraction of sp³-hybridized carbons (Fsp3) is 0.600. The molecular weight excluding hydrogens is 230 g/mol. The summed E-state index contributed by atoms with van der Waals surface area (Å²) in [5.41, 5.74) is 2.59. The van der Waals surface area contributed by atoms with Crippen molar-refractivity contribution in [1.29, 1.82) is 0 Å². The summed E-state index contributed by atoms with van der Waals surface area (Å²) in [7, 11) is 0. The Morgan fingerprint density at radius 3 is 2.88 bits per heavy atom. The van der Waals surface area contributed by atoms with Gasteiger partial charge in [-0.15, -0.1) is 0 Å². The summed E-state index contributed by atoms with van der Waals surface area (Å²) < 4.78 is 0. The van der Waals surface area contributed by atoms with Crippen LogP contribution in [-0.2, 0) is 0 Å². The van der Waals surface area contributed by atoms with Crippen molar-refractivity contribution < 1.29 is 0 Å². The molecule has 17 heavy (non-hydrogen) atoms. The summed E-state index contributed by atoms with van der Waals surface area (Å²) in [5.74, 6) is 0.697. The molecule has 2 rings (SSSR count). The van der Waals surface area contributed by atoms with Crippen molar-refractivity contribution in [3.63, 3.8) is 0 Å². The Labute approximate surface area is 110 Å². The maximum Gasteiger partial charge on any atom is 0.0438 e. The molecule has 1 saturated carbocycles. The van der Waals surface area contributed by atoms with E-state index in [9.17, 15) is 0 Å². The summed E-state index contributed by atoms with van der Waals surface area (Å²) in [4.78, 5) is 0. The predicted molar refractivity (Wildman–Crippen MR) is 74.9 cm³/mol. The summed E-state index contributed by atoms with van der Waals surface area (Å²) in [5, 5.41) is 4.53. The molecule has 2 atom stereocenters. The van der Waals surface area contributed by atoms with Gasteiger partial charge in [0.1, 0.15) is 0 Å². The number of hydrogen-bond acceptors (Lipinski definition) is 1. The van der Waals surface area contributed by atoms with Gasteiger partial charge < -0.3 is 5.32 Å². The lowest BCUT2D eigenvalue weighted by molar-refractivity contribution is 0.517. The Morgan fingerprint density at radius 1 is 1.35 bits per heavy atom. The molecule has 1 nitrogen and oxygen atoms in total. The summed E-state index contributed by atoms with van der Waals surface area (Å²) in [6, 6.07) is 7.25. The highest BCUT2D eigenvalue weighted by molar-refractivity contribution is 6.31. The lowest BCUT2D eigenvalue weighted by Gasteiger charge is -2.13. The molecule has 0 saturated heterocycles. The van der Waals surface area contributed by atoms with Crippen LogP contribution in [0.15, 0.2) is 18.2 Å². The van der Waals surface area contributed by atoms with Crippen molar-refractivity contribution in [3.05, 3.63) is 34.3 Å². The van der Waals surface area contributed by atoms with Crippen molar-refractivity contribution in [2.45, 2.75) is 51.5 Å². The van der Waals surface area contributed by atoms with E-state index >= 15 is 0 Å². The molecule has 94 valence electrons. The molecule has 0 aromatic heterocycles. The maximum absolute atomic E-state index is 6.20. The van der Waals surface area contributed by atoms with Crippen LogP contribution in [0.2, 0.25) is 5.02 Å². The van der Waals surface area contributed by atoms with Gasteiger partial charge in [-0.25, -0.2) is 0 Å². The third kappa shape index (κ3) is 3.23. The Hall–Kier alpha value is -0.530. The highest BCUT2D eigenvalue weighted by atomic mass is 35.5. The molecule has 2 heteroatoms. The van der Waals surface area contributed by atoms with E-state index in [4.69, 9.17) is 11.6 Å². The molecule has 1 aliphatic rings. The van der Waals surface area contributed by atoms with E-state index in [0.29, 0.717) is 12.0 Å². The minimum absolute atomic E-state index is 0.697. The van der Waals surface area contributed by atoms with E-state index in [-0.39, 0.29) is 0 Å². The molecule has 1 N–H and O–H groups in total. The minimum Gasteiger partial charge on any atom is -0.314 e. The highest BCUT2D eigenvalue weighted by Crippen LogP contribution is 2.35. The first-order valence-corrected chi connectivity index (χ1v) is 7.08. The summed E-state index contributed by atoms with van der Waals surface area (Å²) in [6.45, 7) is 5.43. The monoisotopic (exact) mass is 251 g/mol. The summed E-state index contributed by atoms with van der Waals surface area (Å²) in [6.07, 6.45) is 5.08. The van der Waals surface area contributed by atoms with Crippen molar-refractivity contribution in [3.8, 4) is 0 Å². The number of nitrogens with one attached hydrogen (secondary N) is 1. The first kappa shape index (κ1) is 12.9. The molecule has 0 radical (unpaired) electrons.